The summed E-state index contributed by atoms with van der Waals surface area (Å²) < 4.78 is 5.14. The first-order chi connectivity index (χ1) is 13.7. The lowest BCUT2D eigenvalue weighted by atomic mass is 10.2. The van der Waals surface area contributed by atoms with Gasteiger partial charge in [-0.2, -0.15) is 5.10 Å². The second-order valence-electron chi connectivity index (χ2n) is 5.30. The molecule has 2 aromatic rings. The molecule has 0 spiro atoms. The van der Waals surface area contributed by atoms with Crippen LogP contribution in [0.3, 0.4) is 0 Å². The number of carbonyl (C=O) groups is 2. The third kappa shape index (κ3) is 6.84. The minimum Gasteiger partial charge on any atom is -0.484 e. The largest absolute Gasteiger partial charge is 0.484 e. The van der Waals surface area contributed by atoms with Crippen molar-refractivity contribution in [1.29, 1.82) is 0 Å². The van der Waals surface area contributed by atoms with Gasteiger partial charge in [-0.25, -0.2) is 5.43 Å². The molecule has 0 aliphatic rings. The average molecular weight is 516 g/mol. The van der Waals surface area contributed by atoms with Gasteiger partial charge in [-0.3, -0.25) is 9.59 Å². The van der Waals surface area contributed by atoms with Crippen LogP contribution in [-0.2, 0) is 9.59 Å². The van der Waals surface area contributed by atoms with Crippen LogP contribution in [0.25, 0.3) is 0 Å². The van der Waals surface area contributed by atoms with Crippen LogP contribution in [0.5, 0.6) is 5.75 Å². The van der Waals surface area contributed by atoms with Crippen LogP contribution in [-0.4, -0.2) is 30.4 Å². The molecule has 0 aromatic heterocycles. The Morgan fingerprint density at radius 2 is 1.55 bits per heavy atom. The highest BCUT2D eigenvalue weighted by atomic mass is 35.5. The van der Waals surface area contributed by atoms with Crippen LogP contribution in [0, 0.1) is 0 Å². The summed E-state index contributed by atoms with van der Waals surface area (Å²) in [6, 6.07) is 6.66. The number of hydrogen-bond donors (Lipinski definition) is 2. The van der Waals surface area contributed by atoms with Crippen LogP contribution >= 0.6 is 69.8 Å². The van der Waals surface area contributed by atoms with Crippen molar-refractivity contribution in [1.82, 2.24) is 5.43 Å². The summed E-state index contributed by atoms with van der Waals surface area (Å²) in [5.74, 6) is -0.523. The lowest BCUT2D eigenvalue weighted by molar-refractivity contribution is -0.120. The lowest BCUT2D eigenvalue weighted by Crippen LogP contribution is -2.20. The first-order valence-electron chi connectivity index (χ1n) is 7.68. The zero-order valence-corrected chi connectivity index (χ0v) is 18.9. The number of nitrogens with one attached hydrogen (secondary N) is 1. The maximum absolute atomic E-state index is 12.0. The Morgan fingerprint density at radius 1 is 1.00 bits per heavy atom. The zero-order chi connectivity index (χ0) is 21.6. The number of nitrogens with two attached hydrogens (primary N) is 1. The van der Waals surface area contributed by atoms with Crippen LogP contribution < -0.4 is 15.9 Å². The summed E-state index contributed by atoms with van der Waals surface area (Å²) in [5, 5.41) is 4.27. The highest BCUT2D eigenvalue weighted by Gasteiger charge is 2.20. The molecule has 0 heterocycles. The van der Waals surface area contributed by atoms with Crippen LogP contribution in [0.2, 0.25) is 25.1 Å². The number of hydrogen-bond acceptors (Lipinski definition) is 5. The van der Waals surface area contributed by atoms with E-state index in [0.29, 0.717) is 16.2 Å². The molecule has 0 unspecified atom stereocenters. The number of thioether (sulfide) groups is 1. The van der Waals surface area contributed by atoms with E-state index >= 15 is 0 Å². The SMILES string of the molecule is NC(=O)COc1ccc(C=NNC(=O)CSc2c(Cl)c(Cl)c(Cl)c(Cl)c2Cl)cc1. The van der Waals surface area contributed by atoms with Crippen molar-refractivity contribution in [3.63, 3.8) is 0 Å². The van der Waals surface area contributed by atoms with E-state index in [9.17, 15) is 9.59 Å². The van der Waals surface area contributed by atoms with Gasteiger partial charge in [0.05, 0.1) is 37.1 Å². The van der Waals surface area contributed by atoms with E-state index in [1.54, 1.807) is 24.3 Å². The van der Waals surface area contributed by atoms with Gasteiger partial charge in [0.15, 0.2) is 6.61 Å². The number of benzene rings is 2. The highest BCUT2D eigenvalue weighted by molar-refractivity contribution is 8.00. The molecule has 6 nitrogen and oxygen atoms in total. The predicted molar refractivity (Wildman–Crippen MR) is 119 cm³/mol. The number of halogens is 5. The Kier molecular flexibility index (Phi) is 9.20. The van der Waals surface area contributed by atoms with Gasteiger partial charge in [-0.1, -0.05) is 58.0 Å². The molecule has 0 fully saturated rings. The van der Waals surface area contributed by atoms with Gasteiger partial charge in [-0.15, -0.1) is 11.8 Å². The molecule has 3 N–H and O–H groups in total. The number of nitrogens with zero attached hydrogens (tertiary/aromatic N) is 1. The summed E-state index contributed by atoms with van der Waals surface area (Å²) in [6.07, 6.45) is 1.44. The highest BCUT2D eigenvalue weighted by Crippen LogP contribution is 2.47. The average Bonchev–Trinajstić information content (AvgIpc) is 2.70. The van der Waals surface area contributed by atoms with E-state index in [1.165, 1.54) is 6.21 Å². The molecule has 0 aliphatic heterocycles. The molecule has 12 heteroatoms. The van der Waals surface area contributed by atoms with Crippen LogP contribution in [0.4, 0.5) is 0 Å². The van der Waals surface area contributed by atoms with Gasteiger partial charge in [0.2, 0.25) is 5.91 Å². The molecule has 154 valence electrons. The van der Waals surface area contributed by atoms with Crippen molar-refractivity contribution in [2.24, 2.45) is 10.8 Å². The molecular weight excluding hydrogens is 504 g/mol. The number of ether oxygens (including phenoxy) is 1. The minimum atomic E-state index is -0.568. The van der Waals surface area contributed by atoms with E-state index in [4.69, 9.17) is 68.5 Å². The fraction of sp³-hybridized carbons (Fsp3) is 0.118. The van der Waals surface area contributed by atoms with Gasteiger partial charge < -0.3 is 10.5 Å². The Labute approximate surface area is 195 Å². The van der Waals surface area contributed by atoms with Gasteiger partial charge in [0.1, 0.15) is 5.75 Å². The standard InChI is InChI=1S/C17H12Cl5N3O3S/c18-12-13(19)15(21)17(16(22)14(12)20)29-7-11(27)25-24-5-8-1-3-9(4-2-8)28-6-10(23)26/h1-5H,6-7H2,(H2,23,26)(H,25,27). The zero-order valence-electron chi connectivity index (χ0n) is 14.3. The third-order valence-corrected chi connectivity index (χ3v) is 6.79. The maximum Gasteiger partial charge on any atom is 0.255 e. The smallest absolute Gasteiger partial charge is 0.255 e. The van der Waals surface area contributed by atoms with Crippen molar-refractivity contribution in [2.75, 3.05) is 12.4 Å². The number of hydrazone groups is 1. The Bertz CT molecular complexity index is 925. The first kappa shape index (κ1) is 23.9. The topological polar surface area (TPSA) is 93.8 Å². The summed E-state index contributed by atoms with van der Waals surface area (Å²) in [7, 11) is 0. The molecule has 2 rings (SSSR count). The summed E-state index contributed by atoms with van der Waals surface area (Å²) >= 11 is 31.2. The van der Waals surface area contributed by atoms with Crippen molar-refractivity contribution in [3.8, 4) is 5.75 Å². The fourth-order valence-electron chi connectivity index (χ4n) is 1.86. The first-order valence-corrected chi connectivity index (χ1v) is 10.6. The lowest BCUT2D eigenvalue weighted by Gasteiger charge is -2.11. The van der Waals surface area contributed by atoms with E-state index in [-0.39, 0.29) is 37.5 Å². The predicted octanol–water partition coefficient (Wildman–Crippen LogP) is 5.06. The quantitative estimate of drug-likeness (QED) is 0.169. The fourth-order valence-corrected chi connectivity index (χ4v) is 4.24. The van der Waals surface area contributed by atoms with Gasteiger partial charge in [-0.05, 0) is 29.8 Å². The van der Waals surface area contributed by atoms with E-state index in [0.717, 1.165) is 11.8 Å². The monoisotopic (exact) mass is 513 g/mol. The Balaban J connectivity index is 1.90. The number of primary amides is 1. The third-order valence-electron chi connectivity index (χ3n) is 3.18. The van der Waals surface area contributed by atoms with Gasteiger partial charge in [0.25, 0.3) is 5.91 Å². The van der Waals surface area contributed by atoms with Crippen LogP contribution in [0.1, 0.15) is 5.56 Å². The van der Waals surface area contributed by atoms with Crippen molar-refractivity contribution in [2.45, 2.75) is 4.90 Å². The molecule has 29 heavy (non-hydrogen) atoms. The van der Waals surface area contributed by atoms with Gasteiger partial charge >= 0.3 is 0 Å². The second-order valence-corrected chi connectivity index (χ2v) is 8.18. The van der Waals surface area contributed by atoms with E-state index in [2.05, 4.69) is 10.5 Å². The van der Waals surface area contributed by atoms with Crippen molar-refractivity contribution < 1.29 is 14.3 Å². The normalized spacial score (nSPS) is 10.9. The second kappa shape index (κ2) is 11.2. The van der Waals surface area contributed by atoms with Crippen molar-refractivity contribution in [3.05, 3.63) is 54.9 Å². The molecule has 0 saturated carbocycles. The molecule has 0 saturated heterocycles. The summed E-state index contributed by atoms with van der Waals surface area (Å²) in [6.45, 7) is -0.209. The number of rotatable bonds is 8. The minimum absolute atomic E-state index is 0.0367. The molecule has 0 radical (unpaired) electrons. The van der Waals surface area contributed by atoms with E-state index in [1.807, 2.05) is 0 Å². The Morgan fingerprint density at radius 3 is 2.10 bits per heavy atom. The van der Waals surface area contributed by atoms with Crippen LogP contribution in [0.15, 0.2) is 34.3 Å². The maximum atomic E-state index is 12.0. The van der Waals surface area contributed by atoms with Crippen molar-refractivity contribution >= 4 is 87.8 Å². The molecule has 2 amide bonds. The summed E-state index contributed by atoms with van der Waals surface area (Å²) in [5.41, 5.74) is 8.08. The summed E-state index contributed by atoms with van der Waals surface area (Å²) in [4.78, 5) is 23.0. The molecule has 0 bridgehead atoms. The number of carbonyl (C=O) groups excluding carboxylic acids is 2. The number of amides is 2. The Hall–Kier alpha value is -1.35. The molecule has 2 aromatic carbocycles. The van der Waals surface area contributed by atoms with Gasteiger partial charge in [0, 0.05) is 4.90 Å². The molecule has 0 atom stereocenters. The molecular formula is C17H12Cl5N3O3S. The molecule has 0 aliphatic carbocycles. The van der Waals surface area contributed by atoms with E-state index < -0.39 is 11.8 Å².